The predicted molar refractivity (Wildman–Crippen MR) is 71.1 cm³/mol. The van der Waals surface area contributed by atoms with Gasteiger partial charge in [0.1, 0.15) is 5.82 Å². The minimum atomic E-state index is -0.207. The van der Waals surface area contributed by atoms with E-state index in [2.05, 4.69) is 28.2 Å². The number of hydrogen-bond acceptors (Lipinski definition) is 4. The maximum absolute atomic E-state index is 11.1. The summed E-state index contributed by atoms with van der Waals surface area (Å²) < 4.78 is 0. The summed E-state index contributed by atoms with van der Waals surface area (Å²) in [4.78, 5) is 17.7. The van der Waals surface area contributed by atoms with E-state index in [1.54, 1.807) is 0 Å². The molecule has 1 amide bonds. The molecule has 5 heteroatoms. The van der Waals surface area contributed by atoms with Crippen LogP contribution in [0.3, 0.4) is 0 Å². The summed E-state index contributed by atoms with van der Waals surface area (Å²) in [7, 11) is 0. The Morgan fingerprint density at radius 1 is 1.61 bits per heavy atom. The maximum Gasteiger partial charge on any atom is 0.222 e. The second-order valence-corrected chi connectivity index (χ2v) is 4.64. The van der Waals surface area contributed by atoms with Gasteiger partial charge in [-0.2, -0.15) is 0 Å². The Bertz CT molecular complexity index is 404. The number of nitrogens with one attached hydrogen (secondary N) is 1. The summed E-state index contributed by atoms with van der Waals surface area (Å²) >= 11 is 0. The molecule has 0 bridgehead atoms. The number of pyridine rings is 1. The van der Waals surface area contributed by atoms with Crippen LogP contribution in [-0.4, -0.2) is 30.5 Å². The van der Waals surface area contributed by atoms with E-state index in [9.17, 15) is 4.79 Å². The van der Waals surface area contributed by atoms with Crippen LogP contribution < -0.4 is 16.0 Å². The third-order valence-electron chi connectivity index (χ3n) is 3.30. The molecular weight excluding hydrogens is 228 g/mol. The van der Waals surface area contributed by atoms with Gasteiger partial charge in [-0.1, -0.05) is 13.0 Å². The number of nitrogens with two attached hydrogens (primary N) is 1. The Kier molecular flexibility index (Phi) is 4.15. The number of carbonyl (C=O) groups is 1. The molecule has 3 N–H and O–H groups in total. The normalized spacial score (nSPS) is 19.2. The lowest BCUT2D eigenvalue weighted by Gasteiger charge is -2.17. The lowest BCUT2D eigenvalue weighted by molar-refractivity contribution is -0.121. The average molecular weight is 248 g/mol. The largest absolute Gasteiger partial charge is 0.369 e. The molecule has 1 aliphatic heterocycles. The van der Waals surface area contributed by atoms with Gasteiger partial charge in [-0.3, -0.25) is 4.79 Å². The number of nitrogens with zero attached hydrogens (tertiary/aromatic N) is 2. The molecule has 2 rings (SSSR count). The lowest BCUT2D eigenvalue weighted by Crippen LogP contribution is -2.27. The number of primary amides is 1. The van der Waals surface area contributed by atoms with Gasteiger partial charge >= 0.3 is 0 Å². The van der Waals surface area contributed by atoms with Crippen molar-refractivity contribution >= 4 is 11.7 Å². The fourth-order valence-corrected chi connectivity index (χ4v) is 2.18. The highest BCUT2D eigenvalue weighted by Gasteiger charge is 2.27. The van der Waals surface area contributed by atoms with Crippen molar-refractivity contribution in [2.75, 3.05) is 24.5 Å². The van der Waals surface area contributed by atoms with E-state index in [-0.39, 0.29) is 11.8 Å². The van der Waals surface area contributed by atoms with Crippen molar-refractivity contribution in [3.05, 3.63) is 23.9 Å². The molecule has 1 aromatic rings. The first-order valence-corrected chi connectivity index (χ1v) is 6.40. The van der Waals surface area contributed by atoms with E-state index >= 15 is 0 Å². The van der Waals surface area contributed by atoms with E-state index in [1.807, 2.05) is 12.3 Å². The molecular formula is C13H20N4O. The molecule has 1 atom stereocenters. The van der Waals surface area contributed by atoms with Crippen molar-refractivity contribution in [3.8, 4) is 0 Å². The van der Waals surface area contributed by atoms with Crippen molar-refractivity contribution in [2.45, 2.75) is 19.9 Å². The molecule has 18 heavy (non-hydrogen) atoms. The van der Waals surface area contributed by atoms with Crippen LogP contribution in [0.1, 0.15) is 18.9 Å². The highest BCUT2D eigenvalue weighted by Crippen LogP contribution is 2.21. The number of carbonyl (C=O) groups excluding carboxylic acids is 1. The summed E-state index contributed by atoms with van der Waals surface area (Å²) in [6, 6.07) is 4.08. The second kappa shape index (κ2) is 5.82. The molecule has 1 unspecified atom stereocenters. The Balaban J connectivity index is 1.96. The number of hydrogen-bond donors (Lipinski definition) is 2. The molecule has 1 fully saturated rings. The van der Waals surface area contributed by atoms with Crippen molar-refractivity contribution in [1.29, 1.82) is 0 Å². The van der Waals surface area contributed by atoms with E-state index in [4.69, 9.17) is 5.73 Å². The zero-order valence-electron chi connectivity index (χ0n) is 10.7. The van der Waals surface area contributed by atoms with Crippen LogP contribution in [0.2, 0.25) is 0 Å². The summed E-state index contributed by atoms with van der Waals surface area (Å²) in [6.45, 7) is 5.42. The van der Waals surface area contributed by atoms with Crippen molar-refractivity contribution in [3.63, 3.8) is 0 Å². The van der Waals surface area contributed by atoms with Crippen molar-refractivity contribution < 1.29 is 4.79 Å². The maximum atomic E-state index is 11.1. The van der Waals surface area contributed by atoms with Crippen LogP contribution >= 0.6 is 0 Å². The first kappa shape index (κ1) is 12.8. The van der Waals surface area contributed by atoms with E-state index in [0.29, 0.717) is 6.54 Å². The molecule has 98 valence electrons. The van der Waals surface area contributed by atoms with Gasteiger partial charge in [0.25, 0.3) is 0 Å². The van der Waals surface area contributed by atoms with Gasteiger partial charge in [0.15, 0.2) is 0 Å². The Hall–Kier alpha value is -1.62. The number of rotatable bonds is 5. The Labute approximate surface area is 107 Å². The van der Waals surface area contributed by atoms with Crippen LogP contribution in [0.5, 0.6) is 0 Å². The molecule has 0 radical (unpaired) electrons. The average Bonchev–Trinajstić information content (AvgIpc) is 2.87. The lowest BCUT2D eigenvalue weighted by atomic mass is 10.1. The Morgan fingerprint density at radius 2 is 2.44 bits per heavy atom. The molecule has 5 nitrogen and oxygen atoms in total. The number of aromatic nitrogens is 1. The van der Waals surface area contributed by atoms with Crippen LogP contribution in [0.15, 0.2) is 18.3 Å². The fraction of sp³-hybridized carbons (Fsp3) is 0.538. The fourth-order valence-electron chi connectivity index (χ4n) is 2.18. The monoisotopic (exact) mass is 248 g/mol. The van der Waals surface area contributed by atoms with Gasteiger partial charge in [-0.05, 0) is 24.6 Å². The van der Waals surface area contributed by atoms with Crippen LogP contribution in [0.4, 0.5) is 5.82 Å². The van der Waals surface area contributed by atoms with Gasteiger partial charge in [0.05, 0.1) is 5.92 Å². The van der Waals surface area contributed by atoms with Gasteiger partial charge in [0, 0.05) is 25.8 Å². The zero-order chi connectivity index (χ0) is 13.0. The van der Waals surface area contributed by atoms with Gasteiger partial charge in [-0.25, -0.2) is 4.98 Å². The van der Waals surface area contributed by atoms with Crippen LogP contribution in [0, 0.1) is 5.92 Å². The van der Waals surface area contributed by atoms with Gasteiger partial charge < -0.3 is 16.0 Å². The molecule has 2 heterocycles. The van der Waals surface area contributed by atoms with Crippen molar-refractivity contribution in [1.82, 2.24) is 10.3 Å². The quantitative estimate of drug-likeness (QED) is 0.796. The minimum absolute atomic E-state index is 0.0340. The number of amides is 1. The van der Waals surface area contributed by atoms with Gasteiger partial charge in [0.2, 0.25) is 5.91 Å². The highest BCUT2D eigenvalue weighted by atomic mass is 16.1. The highest BCUT2D eigenvalue weighted by molar-refractivity contribution is 5.78. The molecule has 0 aliphatic carbocycles. The molecule has 0 aromatic carbocycles. The Morgan fingerprint density at radius 3 is 3.00 bits per heavy atom. The standard InChI is InChI=1S/C13H20N4O/c1-2-15-7-10-3-4-12(16-8-10)17-6-5-11(9-17)13(14)18/h3-4,8,11,15H,2,5-7,9H2,1H3,(H2,14,18). The summed E-state index contributed by atoms with van der Waals surface area (Å²) in [5.74, 6) is 0.688. The first-order valence-electron chi connectivity index (χ1n) is 6.40. The van der Waals surface area contributed by atoms with Crippen LogP contribution in [-0.2, 0) is 11.3 Å². The smallest absolute Gasteiger partial charge is 0.222 e. The van der Waals surface area contributed by atoms with E-state index in [0.717, 1.165) is 31.9 Å². The molecule has 1 saturated heterocycles. The third kappa shape index (κ3) is 2.98. The summed E-state index contributed by atoms with van der Waals surface area (Å²) in [5.41, 5.74) is 6.50. The summed E-state index contributed by atoms with van der Waals surface area (Å²) in [5, 5.41) is 3.26. The molecule has 1 aromatic heterocycles. The molecule has 1 aliphatic rings. The number of anilines is 1. The summed E-state index contributed by atoms with van der Waals surface area (Å²) in [6.07, 6.45) is 2.71. The molecule has 0 spiro atoms. The first-order chi connectivity index (χ1) is 8.70. The SMILES string of the molecule is CCNCc1ccc(N2CCC(C(N)=O)C2)nc1. The second-order valence-electron chi connectivity index (χ2n) is 4.64. The van der Waals surface area contributed by atoms with E-state index in [1.165, 1.54) is 5.56 Å². The van der Waals surface area contributed by atoms with Crippen molar-refractivity contribution in [2.24, 2.45) is 11.7 Å². The van der Waals surface area contributed by atoms with Crippen LogP contribution in [0.25, 0.3) is 0 Å². The van der Waals surface area contributed by atoms with Gasteiger partial charge in [-0.15, -0.1) is 0 Å². The third-order valence-corrected chi connectivity index (χ3v) is 3.30. The zero-order valence-corrected chi connectivity index (χ0v) is 10.7. The molecule has 0 saturated carbocycles. The van der Waals surface area contributed by atoms with E-state index < -0.39 is 0 Å². The minimum Gasteiger partial charge on any atom is -0.369 e. The topological polar surface area (TPSA) is 71.2 Å². The predicted octanol–water partition coefficient (Wildman–Crippen LogP) is 0.503.